The zero-order valence-electron chi connectivity index (χ0n) is 17.5. The number of nitrogens with zero attached hydrogens (tertiary/aromatic N) is 3. The molecule has 0 aromatic heterocycles. The third kappa shape index (κ3) is 8.79. The summed E-state index contributed by atoms with van der Waals surface area (Å²) < 4.78 is 5.72. The molecule has 1 fully saturated rings. The van der Waals surface area contributed by atoms with E-state index in [-0.39, 0.29) is 24.0 Å². The second kappa shape index (κ2) is 13.8. The van der Waals surface area contributed by atoms with Gasteiger partial charge in [0, 0.05) is 58.4 Å². The number of hydrogen-bond donors (Lipinski definition) is 2. The third-order valence-corrected chi connectivity index (χ3v) is 4.78. The normalized spacial score (nSPS) is 16.8. The van der Waals surface area contributed by atoms with Crippen LogP contribution >= 0.6 is 24.0 Å². The molecular weight excluding hydrogens is 465 g/mol. The van der Waals surface area contributed by atoms with Gasteiger partial charge in [-0.05, 0) is 19.0 Å². The number of benzene rings is 1. The zero-order chi connectivity index (χ0) is 19.5. The molecule has 1 heterocycles. The average Bonchev–Trinajstić information content (AvgIpc) is 2.69. The molecule has 28 heavy (non-hydrogen) atoms. The van der Waals surface area contributed by atoms with Crippen molar-refractivity contribution in [2.75, 3.05) is 60.0 Å². The molecule has 0 spiro atoms. The summed E-state index contributed by atoms with van der Waals surface area (Å²) in [6.45, 7) is 13.8. The summed E-state index contributed by atoms with van der Waals surface area (Å²) in [4.78, 5) is 9.28. The number of para-hydroxylation sites is 1. The van der Waals surface area contributed by atoms with E-state index >= 15 is 0 Å². The Bertz CT molecular complexity index is 602. The predicted molar refractivity (Wildman–Crippen MR) is 129 cm³/mol. The van der Waals surface area contributed by atoms with Crippen molar-refractivity contribution in [2.45, 2.75) is 13.5 Å². The van der Waals surface area contributed by atoms with Crippen molar-refractivity contribution < 1.29 is 4.74 Å². The van der Waals surface area contributed by atoms with Crippen LogP contribution in [0.5, 0.6) is 5.75 Å². The van der Waals surface area contributed by atoms with Crippen molar-refractivity contribution in [3.05, 3.63) is 42.5 Å². The van der Waals surface area contributed by atoms with Crippen LogP contribution in [0.3, 0.4) is 0 Å². The van der Waals surface area contributed by atoms with E-state index in [1.807, 2.05) is 18.2 Å². The second-order valence-electron chi connectivity index (χ2n) is 7.22. The summed E-state index contributed by atoms with van der Waals surface area (Å²) in [6.07, 6.45) is 1.76. The molecule has 0 amide bonds. The van der Waals surface area contributed by atoms with Crippen molar-refractivity contribution in [1.29, 1.82) is 0 Å². The van der Waals surface area contributed by atoms with Gasteiger partial charge in [0.1, 0.15) is 12.4 Å². The van der Waals surface area contributed by atoms with Gasteiger partial charge < -0.3 is 25.2 Å². The number of rotatable bonds is 9. The topological polar surface area (TPSA) is 52.1 Å². The minimum absolute atomic E-state index is 0. The highest BCUT2D eigenvalue weighted by atomic mass is 127. The summed E-state index contributed by atoms with van der Waals surface area (Å²) in [5.41, 5.74) is 1.10. The highest BCUT2D eigenvalue weighted by Gasteiger charge is 2.16. The average molecular weight is 501 g/mol. The molecule has 1 saturated heterocycles. The Morgan fingerprint density at radius 1 is 1.25 bits per heavy atom. The van der Waals surface area contributed by atoms with Gasteiger partial charge in [0.25, 0.3) is 0 Å². The Morgan fingerprint density at radius 2 is 1.96 bits per heavy atom. The highest BCUT2D eigenvalue weighted by molar-refractivity contribution is 14.0. The fourth-order valence-electron chi connectivity index (χ4n) is 3.15. The monoisotopic (exact) mass is 501 g/mol. The fourth-order valence-corrected chi connectivity index (χ4v) is 3.15. The van der Waals surface area contributed by atoms with Crippen LogP contribution < -0.4 is 15.4 Å². The molecule has 1 aromatic rings. The van der Waals surface area contributed by atoms with E-state index in [1.54, 1.807) is 13.1 Å². The van der Waals surface area contributed by atoms with E-state index in [1.165, 1.54) is 0 Å². The number of ether oxygens (including phenoxy) is 1. The number of nitrogens with one attached hydrogen (secondary N) is 2. The van der Waals surface area contributed by atoms with Gasteiger partial charge in [-0.2, -0.15) is 0 Å². The minimum atomic E-state index is 0. The molecule has 1 aliphatic heterocycles. The van der Waals surface area contributed by atoms with Gasteiger partial charge in [0.05, 0.1) is 0 Å². The van der Waals surface area contributed by atoms with Gasteiger partial charge in [-0.25, -0.2) is 0 Å². The molecule has 0 bridgehead atoms. The predicted octanol–water partition coefficient (Wildman–Crippen LogP) is 2.42. The lowest BCUT2D eigenvalue weighted by Crippen LogP contribution is -2.47. The second-order valence-corrected chi connectivity index (χ2v) is 7.22. The Hall–Kier alpha value is -1.32. The molecule has 158 valence electrons. The first kappa shape index (κ1) is 24.7. The molecular formula is C21H36IN5O. The maximum Gasteiger partial charge on any atom is 0.191 e. The fraction of sp³-hybridized carbons (Fsp3) is 0.571. The first-order valence-corrected chi connectivity index (χ1v) is 9.79. The number of likely N-dealkylation sites (N-methyl/N-ethyl adjacent to an activating group) is 1. The van der Waals surface area contributed by atoms with Crippen molar-refractivity contribution in [3.8, 4) is 5.75 Å². The molecule has 7 heteroatoms. The summed E-state index contributed by atoms with van der Waals surface area (Å²) in [7, 11) is 4.00. The van der Waals surface area contributed by atoms with E-state index < -0.39 is 0 Å². The SMILES string of the molecule is C=CCOc1ccccc1CNC(=NC)NCC(C)CN1CCN(C)CC1.I. The lowest BCUT2D eigenvalue weighted by Gasteiger charge is -2.34. The van der Waals surface area contributed by atoms with E-state index in [9.17, 15) is 0 Å². The van der Waals surface area contributed by atoms with Gasteiger partial charge in [0.15, 0.2) is 5.96 Å². The number of guanidine groups is 1. The smallest absolute Gasteiger partial charge is 0.191 e. The first-order chi connectivity index (χ1) is 13.1. The quantitative estimate of drug-likeness (QED) is 0.236. The number of piperazine rings is 1. The Labute approximate surface area is 187 Å². The largest absolute Gasteiger partial charge is 0.489 e. The van der Waals surface area contributed by atoms with Crippen LogP contribution in [0.4, 0.5) is 0 Å². The molecule has 0 saturated carbocycles. The highest BCUT2D eigenvalue weighted by Crippen LogP contribution is 2.17. The van der Waals surface area contributed by atoms with E-state index in [4.69, 9.17) is 4.74 Å². The lowest BCUT2D eigenvalue weighted by atomic mass is 10.1. The van der Waals surface area contributed by atoms with Crippen LogP contribution in [0.15, 0.2) is 41.9 Å². The molecule has 0 radical (unpaired) electrons. The van der Waals surface area contributed by atoms with Crippen LogP contribution in [0.25, 0.3) is 0 Å². The van der Waals surface area contributed by atoms with Crippen LogP contribution in [-0.2, 0) is 6.54 Å². The van der Waals surface area contributed by atoms with Crippen molar-refractivity contribution in [2.24, 2.45) is 10.9 Å². The molecule has 6 nitrogen and oxygen atoms in total. The molecule has 2 rings (SSSR count). The minimum Gasteiger partial charge on any atom is -0.489 e. The molecule has 1 atom stereocenters. The molecule has 1 unspecified atom stereocenters. The lowest BCUT2D eigenvalue weighted by molar-refractivity contribution is 0.139. The maximum atomic E-state index is 5.72. The summed E-state index contributed by atoms with van der Waals surface area (Å²) in [6, 6.07) is 8.05. The molecule has 0 aliphatic carbocycles. The standard InChI is InChI=1S/C21H35N5O.HI/c1-5-14-27-20-9-7-6-8-19(20)16-24-21(22-3)23-15-18(2)17-26-12-10-25(4)11-13-26;/h5-9,18H,1,10-17H2,2-4H3,(H2,22,23,24);1H. The number of hydrogen-bond acceptors (Lipinski definition) is 4. The molecule has 1 aromatic carbocycles. The van der Waals surface area contributed by atoms with Crippen molar-refractivity contribution in [1.82, 2.24) is 20.4 Å². The Balaban J connectivity index is 0.00000392. The molecule has 1 aliphatic rings. The number of halogens is 1. The maximum absolute atomic E-state index is 5.72. The van der Waals surface area contributed by atoms with Gasteiger partial charge in [-0.15, -0.1) is 24.0 Å². The molecule has 2 N–H and O–H groups in total. The summed E-state index contributed by atoms with van der Waals surface area (Å²) >= 11 is 0. The van der Waals surface area contributed by atoms with Gasteiger partial charge in [-0.3, -0.25) is 4.99 Å². The van der Waals surface area contributed by atoms with Gasteiger partial charge in [0.2, 0.25) is 0 Å². The zero-order valence-corrected chi connectivity index (χ0v) is 19.8. The van der Waals surface area contributed by atoms with Gasteiger partial charge >= 0.3 is 0 Å². The summed E-state index contributed by atoms with van der Waals surface area (Å²) in [5, 5.41) is 6.83. The number of aliphatic imine (C=N–C) groups is 1. The first-order valence-electron chi connectivity index (χ1n) is 9.79. The Morgan fingerprint density at radius 3 is 2.64 bits per heavy atom. The Kier molecular flexibility index (Phi) is 12.2. The van der Waals surface area contributed by atoms with Crippen molar-refractivity contribution >= 4 is 29.9 Å². The van der Waals surface area contributed by atoms with Crippen LogP contribution in [0.1, 0.15) is 12.5 Å². The van der Waals surface area contributed by atoms with Gasteiger partial charge in [-0.1, -0.05) is 37.8 Å². The van der Waals surface area contributed by atoms with Crippen LogP contribution in [0, 0.1) is 5.92 Å². The van der Waals surface area contributed by atoms with E-state index in [0.29, 0.717) is 19.1 Å². The van der Waals surface area contributed by atoms with E-state index in [2.05, 4.69) is 52.0 Å². The third-order valence-electron chi connectivity index (χ3n) is 4.78. The van der Waals surface area contributed by atoms with E-state index in [0.717, 1.165) is 56.5 Å². The van der Waals surface area contributed by atoms with Crippen LogP contribution in [0.2, 0.25) is 0 Å². The van der Waals surface area contributed by atoms with Crippen LogP contribution in [-0.4, -0.2) is 75.7 Å². The summed E-state index contributed by atoms with van der Waals surface area (Å²) in [5.74, 6) is 2.26. The van der Waals surface area contributed by atoms with Crippen molar-refractivity contribution in [3.63, 3.8) is 0 Å².